The summed E-state index contributed by atoms with van der Waals surface area (Å²) < 4.78 is 0. The highest BCUT2D eigenvalue weighted by atomic mass is 35.5. The summed E-state index contributed by atoms with van der Waals surface area (Å²) in [6, 6.07) is 16.0. The summed E-state index contributed by atoms with van der Waals surface area (Å²) in [5.74, 6) is 0.777. The molecular formula is C16H16ClN3. The molecule has 0 aliphatic heterocycles. The molecule has 0 saturated heterocycles. The minimum atomic E-state index is 0.277. The van der Waals surface area contributed by atoms with Crippen LogP contribution in [0.15, 0.2) is 42.5 Å². The molecule has 1 aromatic heterocycles. The molecule has 102 valence electrons. The van der Waals surface area contributed by atoms with E-state index in [1.165, 1.54) is 5.56 Å². The molecule has 0 aliphatic rings. The topological polar surface area (TPSA) is 39.9 Å². The Labute approximate surface area is 124 Å². The van der Waals surface area contributed by atoms with Gasteiger partial charge in [0.25, 0.3) is 0 Å². The van der Waals surface area contributed by atoms with Crippen LogP contribution in [-0.4, -0.2) is 18.6 Å². The minimum absolute atomic E-state index is 0.277. The minimum Gasteiger partial charge on any atom is -0.360 e. The number of pyridine rings is 1. The molecule has 0 saturated carbocycles. The van der Waals surface area contributed by atoms with Gasteiger partial charge in [-0.2, -0.15) is 5.26 Å². The number of halogens is 1. The van der Waals surface area contributed by atoms with Gasteiger partial charge in [-0.1, -0.05) is 41.9 Å². The zero-order chi connectivity index (χ0) is 14.4. The Balaban J connectivity index is 1.92. The molecule has 1 heterocycles. The predicted octanol–water partition coefficient (Wildman–Crippen LogP) is 3.68. The van der Waals surface area contributed by atoms with Gasteiger partial charge in [-0.05, 0) is 30.5 Å². The van der Waals surface area contributed by atoms with E-state index in [-0.39, 0.29) is 5.69 Å². The number of rotatable bonds is 5. The largest absolute Gasteiger partial charge is 0.360 e. The number of aryl methyl sites for hydroxylation is 1. The lowest BCUT2D eigenvalue weighted by Gasteiger charge is -2.18. The molecule has 1 aromatic carbocycles. The number of nitriles is 1. The zero-order valence-corrected chi connectivity index (χ0v) is 12.1. The molecule has 2 aromatic rings. The van der Waals surface area contributed by atoms with Gasteiger partial charge >= 0.3 is 0 Å². The Hall–Kier alpha value is -2.05. The second-order valence-corrected chi connectivity index (χ2v) is 5.03. The van der Waals surface area contributed by atoms with E-state index in [2.05, 4.69) is 29.2 Å². The van der Waals surface area contributed by atoms with E-state index in [4.69, 9.17) is 16.9 Å². The van der Waals surface area contributed by atoms with E-state index < -0.39 is 0 Å². The summed E-state index contributed by atoms with van der Waals surface area (Å²) in [6.45, 7) is 0.883. The third-order valence-electron chi connectivity index (χ3n) is 3.13. The number of hydrogen-bond acceptors (Lipinski definition) is 3. The average Bonchev–Trinajstić information content (AvgIpc) is 2.48. The molecule has 0 unspecified atom stereocenters. The number of anilines is 1. The van der Waals surface area contributed by atoms with Gasteiger partial charge in [0.1, 0.15) is 11.9 Å². The quantitative estimate of drug-likeness (QED) is 0.841. The number of benzene rings is 1. The molecule has 0 fully saturated rings. The van der Waals surface area contributed by atoms with Crippen LogP contribution in [0.25, 0.3) is 0 Å². The molecule has 0 N–H and O–H groups in total. The molecule has 0 radical (unpaired) electrons. The first kappa shape index (κ1) is 14.4. The molecule has 0 atom stereocenters. The first-order valence-electron chi connectivity index (χ1n) is 6.52. The van der Waals surface area contributed by atoms with Crippen molar-refractivity contribution in [3.05, 3.63) is 58.7 Å². The lowest BCUT2D eigenvalue weighted by atomic mass is 10.1. The standard InChI is InChI=1S/C16H16ClN3/c1-20(11-5-8-13-6-3-2-4-7-13)16-10-9-14(17)15(12-18)19-16/h2-4,6-7,9-10H,5,8,11H2,1H3. The Bertz CT molecular complexity index is 605. The van der Waals surface area contributed by atoms with Gasteiger partial charge in [0, 0.05) is 13.6 Å². The fraction of sp³-hybridized carbons (Fsp3) is 0.250. The molecule has 0 bridgehead atoms. The summed E-state index contributed by atoms with van der Waals surface area (Å²) in [4.78, 5) is 6.29. The average molecular weight is 286 g/mol. The van der Waals surface area contributed by atoms with Crippen molar-refractivity contribution in [1.82, 2.24) is 4.98 Å². The highest BCUT2D eigenvalue weighted by Gasteiger charge is 2.07. The number of nitrogens with zero attached hydrogens (tertiary/aromatic N) is 3. The van der Waals surface area contributed by atoms with Crippen LogP contribution < -0.4 is 4.90 Å². The first-order chi connectivity index (χ1) is 9.70. The van der Waals surface area contributed by atoms with Crippen LogP contribution in [0.2, 0.25) is 5.02 Å². The van der Waals surface area contributed by atoms with Crippen LogP contribution >= 0.6 is 11.6 Å². The summed E-state index contributed by atoms with van der Waals surface area (Å²) in [5, 5.41) is 9.33. The molecule has 2 rings (SSSR count). The molecule has 0 amide bonds. The highest BCUT2D eigenvalue weighted by molar-refractivity contribution is 6.31. The van der Waals surface area contributed by atoms with Crippen molar-refractivity contribution in [3.63, 3.8) is 0 Å². The molecule has 0 aliphatic carbocycles. The maximum atomic E-state index is 8.93. The molecule has 3 nitrogen and oxygen atoms in total. The monoisotopic (exact) mass is 285 g/mol. The van der Waals surface area contributed by atoms with Gasteiger partial charge in [-0.15, -0.1) is 0 Å². The van der Waals surface area contributed by atoms with Crippen molar-refractivity contribution in [2.45, 2.75) is 12.8 Å². The molecular weight excluding hydrogens is 270 g/mol. The molecule has 20 heavy (non-hydrogen) atoms. The van der Waals surface area contributed by atoms with E-state index >= 15 is 0 Å². The van der Waals surface area contributed by atoms with Crippen LogP contribution in [0, 0.1) is 11.3 Å². The van der Waals surface area contributed by atoms with Crippen LogP contribution in [0.1, 0.15) is 17.7 Å². The van der Waals surface area contributed by atoms with Crippen molar-refractivity contribution in [3.8, 4) is 6.07 Å². The van der Waals surface area contributed by atoms with Crippen molar-refractivity contribution in [2.75, 3.05) is 18.5 Å². The van der Waals surface area contributed by atoms with Crippen molar-refractivity contribution in [1.29, 1.82) is 5.26 Å². The van der Waals surface area contributed by atoms with Crippen molar-refractivity contribution in [2.24, 2.45) is 0 Å². The van der Waals surface area contributed by atoms with E-state index in [1.54, 1.807) is 6.07 Å². The second-order valence-electron chi connectivity index (χ2n) is 4.62. The maximum absolute atomic E-state index is 8.93. The van der Waals surface area contributed by atoms with Crippen molar-refractivity contribution < 1.29 is 0 Å². The van der Waals surface area contributed by atoms with Crippen molar-refractivity contribution >= 4 is 17.4 Å². The zero-order valence-electron chi connectivity index (χ0n) is 11.4. The Kier molecular flexibility index (Phi) is 4.97. The SMILES string of the molecule is CN(CCCc1ccccc1)c1ccc(Cl)c(C#N)n1. The molecule has 4 heteroatoms. The smallest absolute Gasteiger partial charge is 0.161 e. The summed E-state index contributed by atoms with van der Waals surface area (Å²) in [5.41, 5.74) is 1.61. The fourth-order valence-electron chi connectivity index (χ4n) is 2.00. The van der Waals surface area contributed by atoms with E-state index in [9.17, 15) is 0 Å². The third kappa shape index (κ3) is 3.72. The summed E-state index contributed by atoms with van der Waals surface area (Å²) >= 11 is 5.88. The van der Waals surface area contributed by atoms with E-state index in [1.807, 2.05) is 30.1 Å². The highest BCUT2D eigenvalue weighted by Crippen LogP contribution is 2.18. The van der Waals surface area contributed by atoms with Crippen LogP contribution in [-0.2, 0) is 6.42 Å². The van der Waals surface area contributed by atoms with Gasteiger partial charge in [0.05, 0.1) is 5.02 Å². The summed E-state index contributed by atoms with van der Waals surface area (Å²) in [6.07, 6.45) is 2.07. The van der Waals surface area contributed by atoms with Gasteiger partial charge < -0.3 is 4.90 Å². The van der Waals surface area contributed by atoms with Crippen LogP contribution in [0.3, 0.4) is 0 Å². The first-order valence-corrected chi connectivity index (χ1v) is 6.90. The van der Waals surface area contributed by atoms with Gasteiger partial charge in [0.2, 0.25) is 0 Å². The predicted molar refractivity (Wildman–Crippen MR) is 82.0 cm³/mol. The third-order valence-corrected chi connectivity index (χ3v) is 3.44. The molecule has 0 spiro atoms. The second kappa shape index (κ2) is 6.93. The lowest BCUT2D eigenvalue weighted by Crippen LogP contribution is -2.20. The Morgan fingerprint density at radius 2 is 1.95 bits per heavy atom. The Morgan fingerprint density at radius 3 is 2.65 bits per heavy atom. The van der Waals surface area contributed by atoms with E-state index in [0.717, 1.165) is 25.2 Å². The van der Waals surface area contributed by atoms with Gasteiger partial charge in [0.15, 0.2) is 5.69 Å². The van der Waals surface area contributed by atoms with Gasteiger partial charge in [-0.25, -0.2) is 4.98 Å². The number of hydrogen-bond donors (Lipinski definition) is 0. The van der Waals surface area contributed by atoms with Crippen LogP contribution in [0.4, 0.5) is 5.82 Å². The Morgan fingerprint density at radius 1 is 1.20 bits per heavy atom. The lowest BCUT2D eigenvalue weighted by molar-refractivity contribution is 0.777. The van der Waals surface area contributed by atoms with Crippen LogP contribution in [0.5, 0.6) is 0 Å². The normalized spacial score (nSPS) is 10.1. The fourth-order valence-corrected chi connectivity index (χ4v) is 2.15. The summed E-state index contributed by atoms with van der Waals surface area (Å²) in [7, 11) is 1.97. The maximum Gasteiger partial charge on any atom is 0.161 e. The van der Waals surface area contributed by atoms with Gasteiger partial charge in [-0.3, -0.25) is 0 Å². The number of aromatic nitrogens is 1. The van der Waals surface area contributed by atoms with E-state index in [0.29, 0.717) is 5.02 Å².